The van der Waals surface area contributed by atoms with E-state index in [2.05, 4.69) is 15.2 Å². The first-order valence-electron chi connectivity index (χ1n) is 10.9. The fourth-order valence-electron chi connectivity index (χ4n) is 4.15. The Balaban J connectivity index is 1.59. The zero-order valence-electron chi connectivity index (χ0n) is 19.3. The van der Waals surface area contributed by atoms with Gasteiger partial charge in [-0.2, -0.15) is 4.98 Å². The number of amides is 2. The minimum Gasteiger partial charge on any atom is -0.419 e. The summed E-state index contributed by atoms with van der Waals surface area (Å²) in [6.45, 7) is 1.65. The molecule has 4 aromatic rings. The standard InChI is InChI=1S/C21H21Cl2N9O4/c1-28-16-15(18(33)29(2)21(28)35)32(20(25-16)31-7-5-30(6-8-31)19(24)34)10-14-26-27-17(36-14)11-3-4-12(22)13(23)9-11/h3-4,9H,5-8,10H2,1-2H3,(H2,24,34). The van der Waals surface area contributed by atoms with Crippen LogP contribution in [0.2, 0.25) is 10.0 Å². The predicted molar refractivity (Wildman–Crippen MR) is 132 cm³/mol. The molecule has 0 aliphatic carbocycles. The first kappa shape index (κ1) is 23.9. The molecule has 1 aliphatic heterocycles. The molecule has 3 aromatic heterocycles. The molecule has 0 radical (unpaired) electrons. The smallest absolute Gasteiger partial charge is 0.332 e. The van der Waals surface area contributed by atoms with Gasteiger partial charge in [0.1, 0.15) is 6.54 Å². The van der Waals surface area contributed by atoms with Gasteiger partial charge in [0.05, 0.1) is 10.0 Å². The van der Waals surface area contributed by atoms with E-state index in [4.69, 9.17) is 33.4 Å². The molecule has 5 rings (SSSR count). The average molecular weight is 534 g/mol. The summed E-state index contributed by atoms with van der Waals surface area (Å²) in [6.07, 6.45) is 0. The quantitative estimate of drug-likeness (QED) is 0.408. The Bertz CT molecular complexity index is 1610. The summed E-state index contributed by atoms with van der Waals surface area (Å²) in [6, 6.07) is 4.44. The minimum atomic E-state index is -0.508. The highest BCUT2D eigenvalue weighted by molar-refractivity contribution is 6.42. The number of carbonyl (C=O) groups is 1. The van der Waals surface area contributed by atoms with Crippen LogP contribution >= 0.6 is 23.2 Å². The number of hydrogen-bond donors (Lipinski definition) is 1. The Hall–Kier alpha value is -3.84. The third kappa shape index (κ3) is 3.99. The highest BCUT2D eigenvalue weighted by Crippen LogP contribution is 2.28. The zero-order chi connectivity index (χ0) is 25.7. The van der Waals surface area contributed by atoms with Gasteiger partial charge in [-0.25, -0.2) is 9.59 Å². The molecule has 2 amide bonds. The fraction of sp³-hybridized carbons (Fsp3) is 0.333. The number of rotatable bonds is 4. The van der Waals surface area contributed by atoms with Crippen molar-refractivity contribution in [1.29, 1.82) is 0 Å². The Kier molecular flexibility index (Phi) is 5.96. The molecule has 0 spiro atoms. The summed E-state index contributed by atoms with van der Waals surface area (Å²) >= 11 is 12.1. The third-order valence-corrected chi connectivity index (χ3v) is 6.87. The zero-order valence-corrected chi connectivity index (χ0v) is 20.8. The van der Waals surface area contributed by atoms with Gasteiger partial charge in [0, 0.05) is 45.8 Å². The molecule has 1 aromatic carbocycles. The Morgan fingerprint density at radius 1 is 1.06 bits per heavy atom. The van der Waals surface area contributed by atoms with Gasteiger partial charge in [0.25, 0.3) is 5.56 Å². The number of halogens is 2. The minimum absolute atomic E-state index is 0.0175. The summed E-state index contributed by atoms with van der Waals surface area (Å²) in [5, 5.41) is 8.97. The number of urea groups is 1. The largest absolute Gasteiger partial charge is 0.419 e. The second-order valence-corrected chi connectivity index (χ2v) is 9.13. The highest BCUT2D eigenvalue weighted by atomic mass is 35.5. The van der Waals surface area contributed by atoms with E-state index in [-0.39, 0.29) is 29.5 Å². The number of hydrogen-bond acceptors (Lipinski definition) is 8. The molecule has 2 N–H and O–H groups in total. The van der Waals surface area contributed by atoms with Crippen LogP contribution in [0.25, 0.3) is 22.6 Å². The molecule has 36 heavy (non-hydrogen) atoms. The van der Waals surface area contributed by atoms with E-state index in [0.717, 1.165) is 4.57 Å². The number of aryl methyl sites for hydroxylation is 1. The number of benzene rings is 1. The molecule has 13 nitrogen and oxygen atoms in total. The maximum absolute atomic E-state index is 13.2. The fourth-order valence-corrected chi connectivity index (χ4v) is 4.45. The summed E-state index contributed by atoms with van der Waals surface area (Å²) in [7, 11) is 2.95. The number of nitrogens with two attached hydrogens (primary N) is 1. The molecule has 0 unspecified atom stereocenters. The van der Waals surface area contributed by atoms with Crippen LogP contribution in [-0.2, 0) is 20.6 Å². The van der Waals surface area contributed by atoms with E-state index in [1.165, 1.54) is 16.5 Å². The van der Waals surface area contributed by atoms with Gasteiger partial charge in [-0.1, -0.05) is 23.2 Å². The number of carbonyl (C=O) groups excluding carboxylic acids is 1. The van der Waals surface area contributed by atoms with Crippen LogP contribution in [0.15, 0.2) is 32.2 Å². The summed E-state index contributed by atoms with van der Waals surface area (Å²) in [5.74, 6) is 0.870. The van der Waals surface area contributed by atoms with Gasteiger partial charge in [0.15, 0.2) is 11.2 Å². The van der Waals surface area contributed by atoms with Crippen molar-refractivity contribution in [1.82, 2.24) is 33.8 Å². The molecule has 188 valence electrons. The van der Waals surface area contributed by atoms with Crippen molar-refractivity contribution in [2.75, 3.05) is 31.1 Å². The monoisotopic (exact) mass is 533 g/mol. The molecule has 1 fully saturated rings. The number of anilines is 1. The molecule has 0 atom stereocenters. The van der Waals surface area contributed by atoms with Crippen LogP contribution < -0.4 is 21.9 Å². The van der Waals surface area contributed by atoms with Crippen LogP contribution in [-0.4, -0.2) is 66.0 Å². The molecule has 15 heteroatoms. The highest BCUT2D eigenvalue weighted by Gasteiger charge is 2.27. The van der Waals surface area contributed by atoms with Gasteiger partial charge in [0.2, 0.25) is 17.7 Å². The maximum Gasteiger partial charge on any atom is 0.332 e. The number of nitrogens with zero attached hydrogens (tertiary/aromatic N) is 8. The Morgan fingerprint density at radius 3 is 2.44 bits per heavy atom. The molecule has 0 bridgehead atoms. The van der Waals surface area contributed by atoms with Gasteiger partial charge < -0.3 is 20.0 Å². The second kappa shape index (κ2) is 8.99. The van der Waals surface area contributed by atoms with Crippen molar-refractivity contribution in [3.8, 4) is 11.5 Å². The lowest BCUT2D eigenvalue weighted by Gasteiger charge is -2.34. The van der Waals surface area contributed by atoms with Crippen molar-refractivity contribution >= 4 is 46.3 Å². The summed E-state index contributed by atoms with van der Waals surface area (Å²) in [5.41, 5.74) is 5.42. The van der Waals surface area contributed by atoms with Crippen LogP contribution in [0.4, 0.5) is 10.7 Å². The number of aromatic nitrogens is 6. The average Bonchev–Trinajstić information content (AvgIpc) is 3.49. The van der Waals surface area contributed by atoms with E-state index in [9.17, 15) is 14.4 Å². The molecular weight excluding hydrogens is 513 g/mol. The molecule has 0 saturated carbocycles. The second-order valence-electron chi connectivity index (χ2n) is 8.32. The number of primary amides is 1. The first-order chi connectivity index (χ1) is 17.2. The third-order valence-electron chi connectivity index (χ3n) is 6.13. The van der Waals surface area contributed by atoms with Crippen molar-refractivity contribution < 1.29 is 9.21 Å². The van der Waals surface area contributed by atoms with Crippen molar-refractivity contribution in [3.05, 3.63) is 55.0 Å². The molecular formula is C21H21Cl2N9O4. The van der Waals surface area contributed by atoms with E-state index in [1.807, 2.05) is 4.90 Å². The van der Waals surface area contributed by atoms with Gasteiger partial charge in [-0.15, -0.1) is 10.2 Å². The van der Waals surface area contributed by atoms with E-state index in [1.54, 1.807) is 29.8 Å². The molecule has 4 heterocycles. The van der Waals surface area contributed by atoms with Crippen LogP contribution in [0.5, 0.6) is 0 Å². The molecule has 1 saturated heterocycles. The van der Waals surface area contributed by atoms with Crippen molar-refractivity contribution in [2.24, 2.45) is 19.8 Å². The number of imidazole rings is 1. The van der Waals surface area contributed by atoms with E-state index in [0.29, 0.717) is 47.7 Å². The van der Waals surface area contributed by atoms with E-state index < -0.39 is 17.3 Å². The van der Waals surface area contributed by atoms with Gasteiger partial charge in [-0.3, -0.25) is 18.5 Å². The lowest BCUT2D eigenvalue weighted by molar-refractivity contribution is 0.203. The normalized spacial score (nSPS) is 14.1. The Morgan fingerprint density at radius 2 is 1.78 bits per heavy atom. The van der Waals surface area contributed by atoms with Gasteiger partial charge in [-0.05, 0) is 18.2 Å². The first-order valence-corrected chi connectivity index (χ1v) is 11.6. The number of fused-ring (bicyclic) bond motifs is 1. The number of piperazine rings is 1. The predicted octanol–water partition coefficient (Wildman–Crippen LogP) is 1.04. The SMILES string of the molecule is Cn1c(=O)c2c(nc(N3CCN(C(N)=O)CC3)n2Cc2nnc(-c3ccc(Cl)c(Cl)c3)o2)n(C)c1=O. The van der Waals surface area contributed by atoms with Gasteiger partial charge >= 0.3 is 11.7 Å². The Labute approximate surface area is 213 Å². The lowest BCUT2D eigenvalue weighted by Crippen LogP contribution is -2.51. The summed E-state index contributed by atoms with van der Waals surface area (Å²) < 4.78 is 9.83. The van der Waals surface area contributed by atoms with Crippen LogP contribution in [0.1, 0.15) is 5.89 Å². The van der Waals surface area contributed by atoms with Crippen molar-refractivity contribution in [3.63, 3.8) is 0 Å². The summed E-state index contributed by atoms with van der Waals surface area (Å²) in [4.78, 5) is 45.3. The lowest BCUT2D eigenvalue weighted by atomic mass is 10.2. The van der Waals surface area contributed by atoms with E-state index >= 15 is 0 Å². The van der Waals surface area contributed by atoms with Crippen LogP contribution in [0, 0.1) is 0 Å². The maximum atomic E-state index is 13.2. The molecule has 1 aliphatic rings. The van der Waals surface area contributed by atoms with Crippen LogP contribution in [0.3, 0.4) is 0 Å². The van der Waals surface area contributed by atoms with Crippen molar-refractivity contribution in [2.45, 2.75) is 6.54 Å². The topological polar surface area (TPSA) is 150 Å².